The molecule has 1 saturated carbocycles. The summed E-state index contributed by atoms with van der Waals surface area (Å²) in [7, 11) is -2.21. The molecule has 1 aliphatic carbocycles. The highest BCUT2D eigenvalue weighted by molar-refractivity contribution is 8.13. The lowest BCUT2D eigenvalue weighted by Crippen LogP contribution is -2.36. The van der Waals surface area contributed by atoms with Gasteiger partial charge < -0.3 is 0 Å². The third-order valence-electron chi connectivity index (χ3n) is 3.21. The summed E-state index contributed by atoms with van der Waals surface area (Å²) < 4.78 is 49.2. The first-order valence-corrected chi connectivity index (χ1v) is 10.4. The molecule has 1 aliphatic rings. The fourth-order valence-electron chi connectivity index (χ4n) is 2.08. The van der Waals surface area contributed by atoms with Crippen LogP contribution in [0.5, 0.6) is 0 Å². The van der Waals surface area contributed by atoms with Crippen molar-refractivity contribution in [2.75, 3.05) is 6.54 Å². The summed E-state index contributed by atoms with van der Waals surface area (Å²) in [5.41, 5.74) is 0. The summed E-state index contributed by atoms with van der Waals surface area (Å²) in [5, 5.41) is 0. The van der Waals surface area contributed by atoms with E-state index in [1.54, 1.807) is 0 Å². The van der Waals surface area contributed by atoms with Crippen molar-refractivity contribution >= 4 is 29.8 Å². The van der Waals surface area contributed by atoms with E-state index in [1.165, 1.54) is 28.6 Å². The summed E-state index contributed by atoms with van der Waals surface area (Å²) in [5.74, 6) is 0.225. The van der Waals surface area contributed by atoms with Gasteiger partial charge in [0.2, 0.25) is 10.0 Å². The van der Waals surface area contributed by atoms with Crippen molar-refractivity contribution in [3.05, 3.63) is 24.3 Å². The van der Waals surface area contributed by atoms with Crippen LogP contribution in [-0.2, 0) is 19.1 Å². The van der Waals surface area contributed by atoms with E-state index in [0.717, 1.165) is 12.8 Å². The number of sulfonamides is 1. The van der Waals surface area contributed by atoms with Gasteiger partial charge >= 0.3 is 0 Å². The molecule has 0 radical (unpaired) electrons. The van der Waals surface area contributed by atoms with Crippen LogP contribution in [0.4, 0.5) is 0 Å². The van der Waals surface area contributed by atoms with E-state index >= 15 is 0 Å². The van der Waals surface area contributed by atoms with E-state index in [4.69, 9.17) is 10.7 Å². The van der Waals surface area contributed by atoms with Gasteiger partial charge in [0.25, 0.3) is 9.05 Å². The number of benzene rings is 1. The second-order valence-corrected chi connectivity index (χ2v) is 10.1. The molecule has 0 N–H and O–H groups in total. The maximum Gasteiger partial charge on any atom is 0.261 e. The van der Waals surface area contributed by atoms with Gasteiger partial charge in [-0.25, -0.2) is 16.8 Å². The standard InChI is InChI=1S/C13H18ClNO4S2/c1-10(2)9-15(11-3-4-11)21(18,19)13-7-5-12(6-8-13)20(14,16)17/h5-8,10-11H,3-4,9H2,1-2H3. The van der Waals surface area contributed by atoms with Gasteiger partial charge in [0.1, 0.15) is 0 Å². The largest absolute Gasteiger partial charge is 0.261 e. The zero-order valence-corrected chi connectivity index (χ0v) is 14.2. The Kier molecular flexibility index (Phi) is 4.68. The van der Waals surface area contributed by atoms with Gasteiger partial charge in [-0.05, 0) is 43.0 Å². The van der Waals surface area contributed by atoms with Gasteiger partial charge in [0, 0.05) is 23.3 Å². The summed E-state index contributed by atoms with van der Waals surface area (Å²) in [6, 6.07) is 5.08. The number of rotatable bonds is 6. The smallest absolute Gasteiger partial charge is 0.207 e. The summed E-state index contributed by atoms with van der Waals surface area (Å²) in [6.45, 7) is 4.39. The Morgan fingerprint density at radius 1 is 1.10 bits per heavy atom. The van der Waals surface area contributed by atoms with Gasteiger partial charge in [-0.2, -0.15) is 4.31 Å². The minimum Gasteiger partial charge on any atom is -0.207 e. The van der Waals surface area contributed by atoms with E-state index in [9.17, 15) is 16.8 Å². The molecule has 1 aromatic rings. The van der Waals surface area contributed by atoms with Crippen LogP contribution in [0.15, 0.2) is 34.1 Å². The Bertz CT molecular complexity index is 707. The zero-order chi connectivity index (χ0) is 15.8. The van der Waals surface area contributed by atoms with Crippen LogP contribution < -0.4 is 0 Å². The van der Waals surface area contributed by atoms with Crippen LogP contribution in [-0.4, -0.2) is 33.7 Å². The van der Waals surface area contributed by atoms with Crippen LogP contribution in [0.3, 0.4) is 0 Å². The Hall–Kier alpha value is -0.630. The minimum atomic E-state index is -3.84. The first-order chi connectivity index (χ1) is 9.62. The highest BCUT2D eigenvalue weighted by Crippen LogP contribution is 2.33. The zero-order valence-electron chi connectivity index (χ0n) is 11.9. The molecule has 1 fully saturated rings. The van der Waals surface area contributed by atoms with Crippen molar-refractivity contribution in [3.8, 4) is 0 Å². The molecular formula is C13H18ClNO4S2. The number of nitrogens with zero attached hydrogens (tertiary/aromatic N) is 1. The van der Waals surface area contributed by atoms with Gasteiger partial charge in [-0.15, -0.1) is 0 Å². The second kappa shape index (κ2) is 5.87. The normalized spacial score (nSPS) is 16.6. The van der Waals surface area contributed by atoms with Crippen LogP contribution in [0.25, 0.3) is 0 Å². The van der Waals surface area contributed by atoms with Gasteiger partial charge in [-0.1, -0.05) is 13.8 Å². The SMILES string of the molecule is CC(C)CN(C1CC1)S(=O)(=O)c1ccc(S(=O)(=O)Cl)cc1. The Labute approximate surface area is 130 Å². The lowest BCUT2D eigenvalue weighted by atomic mass is 10.2. The molecule has 2 rings (SSSR count). The number of hydrogen-bond acceptors (Lipinski definition) is 4. The predicted molar refractivity (Wildman–Crippen MR) is 81.2 cm³/mol. The minimum absolute atomic E-state index is 0.0637. The summed E-state index contributed by atoms with van der Waals surface area (Å²) >= 11 is 0. The molecule has 0 amide bonds. The summed E-state index contributed by atoms with van der Waals surface area (Å²) in [4.78, 5) is -0.0101. The molecule has 0 spiro atoms. The van der Waals surface area contributed by atoms with E-state index in [0.29, 0.717) is 6.54 Å². The van der Waals surface area contributed by atoms with Gasteiger partial charge in [0.15, 0.2) is 0 Å². The average molecular weight is 352 g/mol. The summed E-state index contributed by atoms with van der Waals surface area (Å²) in [6.07, 6.45) is 1.75. The van der Waals surface area contributed by atoms with Crippen LogP contribution in [0.2, 0.25) is 0 Å². The van der Waals surface area contributed by atoms with Crippen LogP contribution >= 0.6 is 10.7 Å². The fraction of sp³-hybridized carbons (Fsp3) is 0.538. The lowest BCUT2D eigenvalue weighted by Gasteiger charge is -2.23. The maximum atomic E-state index is 12.7. The third kappa shape index (κ3) is 3.97. The predicted octanol–water partition coefficient (Wildman–Crippen LogP) is 2.42. The van der Waals surface area contributed by atoms with E-state index in [2.05, 4.69) is 0 Å². The highest BCUT2D eigenvalue weighted by atomic mass is 35.7. The first kappa shape index (κ1) is 16.7. The lowest BCUT2D eigenvalue weighted by molar-refractivity contribution is 0.360. The van der Waals surface area contributed by atoms with E-state index in [1.807, 2.05) is 13.8 Å². The van der Waals surface area contributed by atoms with Crippen molar-refractivity contribution in [2.45, 2.75) is 42.5 Å². The molecule has 0 bridgehead atoms. The Morgan fingerprint density at radius 2 is 1.57 bits per heavy atom. The number of hydrogen-bond donors (Lipinski definition) is 0. The molecular weight excluding hydrogens is 334 g/mol. The van der Waals surface area contributed by atoms with E-state index < -0.39 is 19.1 Å². The molecule has 0 aliphatic heterocycles. The molecule has 118 valence electrons. The topological polar surface area (TPSA) is 71.5 Å². The molecule has 0 unspecified atom stereocenters. The number of halogens is 1. The van der Waals surface area contributed by atoms with Gasteiger partial charge in [-0.3, -0.25) is 0 Å². The first-order valence-electron chi connectivity index (χ1n) is 6.69. The molecule has 0 atom stereocenters. The van der Waals surface area contributed by atoms with E-state index in [-0.39, 0.29) is 21.8 Å². The molecule has 21 heavy (non-hydrogen) atoms. The monoisotopic (exact) mass is 351 g/mol. The quantitative estimate of drug-likeness (QED) is 0.738. The highest BCUT2D eigenvalue weighted by Gasteiger charge is 2.38. The van der Waals surface area contributed by atoms with Crippen molar-refractivity contribution in [1.29, 1.82) is 0 Å². The molecule has 8 heteroatoms. The van der Waals surface area contributed by atoms with Crippen molar-refractivity contribution in [3.63, 3.8) is 0 Å². The van der Waals surface area contributed by atoms with Gasteiger partial charge in [0.05, 0.1) is 9.79 Å². The van der Waals surface area contributed by atoms with Crippen molar-refractivity contribution < 1.29 is 16.8 Å². The molecule has 1 aromatic carbocycles. The van der Waals surface area contributed by atoms with Crippen molar-refractivity contribution in [2.24, 2.45) is 5.92 Å². The molecule has 5 nitrogen and oxygen atoms in total. The molecule has 0 aromatic heterocycles. The fourth-order valence-corrected chi connectivity index (χ4v) is 4.69. The third-order valence-corrected chi connectivity index (χ3v) is 6.51. The van der Waals surface area contributed by atoms with Crippen LogP contribution in [0.1, 0.15) is 26.7 Å². The average Bonchev–Trinajstić information content (AvgIpc) is 3.19. The molecule has 0 saturated heterocycles. The van der Waals surface area contributed by atoms with Crippen LogP contribution in [0, 0.1) is 5.92 Å². The molecule has 0 heterocycles. The second-order valence-electron chi connectivity index (χ2n) is 5.61. The Balaban J connectivity index is 2.34. The van der Waals surface area contributed by atoms with Crippen molar-refractivity contribution in [1.82, 2.24) is 4.31 Å². The maximum absolute atomic E-state index is 12.7. The Morgan fingerprint density at radius 3 is 1.95 bits per heavy atom.